The maximum atomic E-state index is 4.48. The van der Waals surface area contributed by atoms with Crippen molar-refractivity contribution in [1.82, 2.24) is 9.97 Å². The average Bonchev–Trinajstić information content (AvgIpc) is 2.75. The van der Waals surface area contributed by atoms with Gasteiger partial charge in [0.15, 0.2) is 0 Å². The van der Waals surface area contributed by atoms with Crippen LogP contribution in [-0.4, -0.2) is 21.8 Å². The second kappa shape index (κ2) is 5.08. The van der Waals surface area contributed by atoms with Gasteiger partial charge in [-0.05, 0) is 18.8 Å². The molecule has 1 fully saturated rings. The van der Waals surface area contributed by atoms with Gasteiger partial charge < -0.3 is 5.32 Å². The molecule has 0 bridgehead atoms. The largest absolute Gasteiger partial charge is 0.369 e. The summed E-state index contributed by atoms with van der Waals surface area (Å²) >= 11 is 1.98. The van der Waals surface area contributed by atoms with E-state index in [0.717, 1.165) is 17.6 Å². The van der Waals surface area contributed by atoms with Gasteiger partial charge in [0, 0.05) is 23.3 Å². The Bertz CT molecular complexity index is 433. The fourth-order valence-corrected chi connectivity index (χ4v) is 4.45. The van der Waals surface area contributed by atoms with E-state index in [1.54, 1.807) is 6.33 Å². The molecule has 0 saturated heterocycles. The van der Waals surface area contributed by atoms with Crippen LogP contribution < -0.4 is 5.32 Å². The SMILES string of the molecule is CC(C)CNc1ncnc2c1C1CCCCC1S2. The molecule has 3 rings (SSSR count). The van der Waals surface area contributed by atoms with Crippen molar-refractivity contribution in [2.75, 3.05) is 11.9 Å². The zero-order valence-corrected chi connectivity index (χ0v) is 12.0. The fraction of sp³-hybridized carbons (Fsp3) is 0.714. The third-order valence-corrected chi connectivity index (χ3v) is 5.28. The van der Waals surface area contributed by atoms with Crippen molar-refractivity contribution in [3.63, 3.8) is 0 Å². The van der Waals surface area contributed by atoms with Crippen molar-refractivity contribution in [3.8, 4) is 0 Å². The molecule has 0 aromatic carbocycles. The van der Waals surface area contributed by atoms with Gasteiger partial charge in [0.1, 0.15) is 17.2 Å². The Balaban J connectivity index is 1.87. The van der Waals surface area contributed by atoms with Gasteiger partial charge in [-0.25, -0.2) is 9.97 Å². The predicted octanol–water partition coefficient (Wildman–Crippen LogP) is 3.68. The molecule has 1 aliphatic heterocycles. The van der Waals surface area contributed by atoms with Crippen LogP contribution in [0.25, 0.3) is 0 Å². The number of thioether (sulfide) groups is 1. The van der Waals surface area contributed by atoms with Crippen molar-refractivity contribution in [1.29, 1.82) is 0 Å². The van der Waals surface area contributed by atoms with Crippen LogP contribution in [0.2, 0.25) is 0 Å². The molecule has 2 heterocycles. The van der Waals surface area contributed by atoms with Crippen molar-refractivity contribution in [2.45, 2.75) is 55.7 Å². The van der Waals surface area contributed by atoms with Crippen LogP contribution in [0.4, 0.5) is 5.82 Å². The molecule has 1 aromatic rings. The Morgan fingerprint density at radius 1 is 1.33 bits per heavy atom. The summed E-state index contributed by atoms with van der Waals surface area (Å²) in [5, 5.41) is 5.50. The van der Waals surface area contributed by atoms with Crippen LogP contribution in [0, 0.1) is 5.92 Å². The zero-order chi connectivity index (χ0) is 12.5. The van der Waals surface area contributed by atoms with Gasteiger partial charge in [-0.1, -0.05) is 26.7 Å². The summed E-state index contributed by atoms with van der Waals surface area (Å²) in [5.41, 5.74) is 1.41. The van der Waals surface area contributed by atoms with Crippen molar-refractivity contribution < 1.29 is 0 Å². The van der Waals surface area contributed by atoms with Crippen LogP contribution in [0.15, 0.2) is 11.4 Å². The minimum Gasteiger partial charge on any atom is -0.369 e. The van der Waals surface area contributed by atoms with Crippen molar-refractivity contribution in [2.24, 2.45) is 5.92 Å². The van der Waals surface area contributed by atoms with Crippen LogP contribution in [0.5, 0.6) is 0 Å². The van der Waals surface area contributed by atoms with E-state index in [-0.39, 0.29) is 0 Å². The molecular weight excluding hydrogens is 242 g/mol. The highest BCUT2D eigenvalue weighted by atomic mass is 32.2. The lowest BCUT2D eigenvalue weighted by Crippen LogP contribution is -2.18. The first-order valence-electron chi connectivity index (χ1n) is 7.01. The summed E-state index contributed by atoms with van der Waals surface area (Å²) in [5.74, 6) is 2.43. The number of anilines is 1. The standard InChI is InChI=1S/C14H21N3S/c1-9(2)7-15-13-12-10-5-3-4-6-11(10)18-14(12)17-8-16-13/h8-11H,3-7H2,1-2H3,(H,15,16,17). The number of aromatic nitrogens is 2. The summed E-state index contributed by atoms with van der Waals surface area (Å²) in [7, 11) is 0. The van der Waals surface area contributed by atoms with E-state index in [9.17, 15) is 0 Å². The molecule has 1 aliphatic carbocycles. The first kappa shape index (κ1) is 12.3. The summed E-state index contributed by atoms with van der Waals surface area (Å²) in [6, 6.07) is 0. The zero-order valence-electron chi connectivity index (χ0n) is 11.1. The van der Waals surface area contributed by atoms with Gasteiger partial charge >= 0.3 is 0 Å². The lowest BCUT2D eigenvalue weighted by atomic mass is 9.84. The van der Waals surface area contributed by atoms with Crippen LogP contribution in [0.3, 0.4) is 0 Å². The average molecular weight is 263 g/mol. The number of hydrogen-bond acceptors (Lipinski definition) is 4. The smallest absolute Gasteiger partial charge is 0.134 e. The third kappa shape index (κ3) is 2.22. The number of nitrogens with one attached hydrogen (secondary N) is 1. The Morgan fingerprint density at radius 3 is 3.00 bits per heavy atom. The molecule has 1 N–H and O–H groups in total. The second-order valence-corrected chi connectivity index (χ2v) is 6.99. The Labute approximate surface area is 113 Å². The van der Waals surface area contributed by atoms with Gasteiger partial charge in [-0.3, -0.25) is 0 Å². The molecule has 4 heteroatoms. The van der Waals surface area contributed by atoms with Crippen LogP contribution in [-0.2, 0) is 0 Å². The molecule has 18 heavy (non-hydrogen) atoms. The second-order valence-electron chi connectivity index (χ2n) is 5.76. The lowest BCUT2D eigenvalue weighted by Gasteiger charge is -2.25. The maximum absolute atomic E-state index is 4.48. The van der Waals surface area contributed by atoms with E-state index in [2.05, 4.69) is 29.1 Å². The van der Waals surface area contributed by atoms with Gasteiger partial charge in [-0.2, -0.15) is 0 Å². The molecule has 2 unspecified atom stereocenters. The van der Waals surface area contributed by atoms with Gasteiger partial charge in [-0.15, -0.1) is 11.8 Å². The number of hydrogen-bond donors (Lipinski definition) is 1. The normalized spacial score (nSPS) is 25.9. The minimum atomic E-state index is 0.645. The third-order valence-electron chi connectivity index (χ3n) is 3.86. The molecule has 1 saturated carbocycles. The first-order chi connectivity index (χ1) is 8.75. The number of fused-ring (bicyclic) bond motifs is 3. The first-order valence-corrected chi connectivity index (χ1v) is 7.89. The molecule has 0 radical (unpaired) electrons. The topological polar surface area (TPSA) is 37.8 Å². The van der Waals surface area contributed by atoms with E-state index < -0.39 is 0 Å². The summed E-state index contributed by atoms with van der Waals surface area (Å²) in [4.78, 5) is 8.96. The summed E-state index contributed by atoms with van der Waals surface area (Å²) in [6.45, 7) is 5.45. The predicted molar refractivity (Wildman–Crippen MR) is 76.2 cm³/mol. The van der Waals surface area contributed by atoms with Crippen molar-refractivity contribution in [3.05, 3.63) is 11.9 Å². The molecule has 0 amide bonds. The molecule has 98 valence electrons. The quantitative estimate of drug-likeness (QED) is 0.844. The Kier molecular flexibility index (Phi) is 3.46. The van der Waals surface area contributed by atoms with E-state index in [1.165, 1.54) is 36.3 Å². The molecule has 3 nitrogen and oxygen atoms in total. The van der Waals surface area contributed by atoms with E-state index in [0.29, 0.717) is 11.8 Å². The highest BCUT2D eigenvalue weighted by Crippen LogP contribution is 2.52. The van der Waals surface area contributed by atoms with Crippen LogP contribution >= 0.6 is 11.8 Å². The monoisotopic (exact) mass is 263 g/mol. The molecule has 1 aromatic heterocycles. The molecule has 2 atom stereocenters. The van der Waals surface area contributed by atoms with E-state index in [4.69, 9.17) is 0 Å². The van der Waals surface area contributed by atoms with Gasteiger partial charge in [0.2, 0.25) is 0 Å². The maximum Gasteiger partial charge on any atom is 0.134 e. The van der Waals surface area contributed by atoms with Gasteiger partial charge in [0.05, 0.1) is 0 Å². The Morgan fingerprint density at radius 2 is 2.17 bits per heavy atom. The Hall–Kier alpha value is -0.770. The van der Waals surface area contributed by atoms with Gasteiger partial charge in [0.25, 0.3) is 0 Å². The molecule has 0 spiro atoms. The molecule has 2 aliphatic rings. The summed E-state index contributed by atoms with van der Waals surface area (Å²) in [6.07, 6.45) is 7.11. The lowest BCUT2D eigenvalue weighted by molar-refractivity contribution is 0.460. The fourth-order valence-electron chi connectivity index (χ4n) is 2.96. The number of nitrogens with zero attached hydrogens (tertiary/aromatic N) is 2. The van der Waals surface area contributed by atoms with E-state index >= 15 is 0 Å². The highest BCUT2D eigenvalue weighted by molar-refractivity contribution is 8.00. The van der Waals surface area contributed by atoms with Crippen LogP contribution in [0.1, 0.15) is 51.0 Å². The summed E-state index contributed by atoms with van der Waals surface area (Å²) < 4.78 is 0. The van der Waals surface area contributed by atoms with Crippen molar-refractivity contribution >= 4 is 17.6 Å². The highest BCUT2D eigenvalue weighted by Gasteiger charge is 2.38. The number of rotatable bonds is 3. The minimum absolute atomic E-state index is 0.645. The van der Waals surface area contributed by atoms with E-state index in [1.807, 2.05) is 11.8 Å². The molecular formula is C14H21N3S.